The molecule has 0 aliphatic carbocycles. The van der Waals surface area contributed by atoms with E-state index in [2.05, 4.69) is 15.6 Å². The van der Waals surface area contributed by atoms with Crippen LogP contribution in [0.3, 0.4) is 0 Å². The van der Waals surface area contributed by atoms with Crippen LogP contribution in [-0.4, -0.2) is 22.7 Å². The van der Waals surface area contributed by atoms with Gasteiger partial charge in [0.05, 0.1) is 16.4 Å². The SMILES string of the molecule is Cc1ccc(N2C(=O)C(Cl)=C(Nc3ccc(C(=O)Nc4nc(-c5ccc(Cl)cc5Cl)cs4)cc3)C2=O)cc1C. The first-order valence-corrected chi connectivity index (χ1v) is 13.6. The summed E-state index contributed by atoms with van der Waals surface area (Å²) in [7, 11) is 0. The van der Waals surface area contributed by atoms with Gasteiger partial charge in [0.25, 0.3) is 17.7 Å². The number of aryl methyl sites for hydroxylation is 2. The molecule has 39 heavy (non-hydrogen) atoms. The molecule has 0 radical (unpaired) electrons. The van der Waals surface area contributed by atoms with Crippen LogP contribution >= 0.6 is 46.1 Å². The molecule has 2 N–H and O–H groups in total. The van der Waals surface area contributed by atoms with Crippen molar-refractivity contribution in [2.24, 2.45) is 0 Å². The van der Waals surface area contributed by atoms with Gasteiger partial charge in [0.2, 0.25) is 0 Å². The summed E-state index contributed by atoms with van der Waals surface area (Å²) in [5.41, 5.74) is 4.57. The van der Waals surface area contributed by atoms with Crippen LogP contribution in [-0.2, 0) is 9.59 Å². The Labute approximate surface area is 243 Å². The summed E-state index contributed by atoms with van der Waals surface area (Å²) in [5, 5.41) is 8.65. The molecule has 7 nitrogen and oxygen atoms in total. The number of halogens is 3. The number of imide groups is 1. The van der Waals surface area contributed by atoms with Crippen LogP contribution in [0.2, 0.25) is 10.0 Å². The molecule has 4 aromatic rings. The number of hydrogen-bond donors (Lipinski definition) is 2. The van der Waals surface area contributed by atoms with Gasteiger partial charge < -0.3 is 5.32 Å². The Morgan fingerprint density at radius 3 is 2.33 bits per heavy atom. The highest BCUT2D eigenvalue weighted by atomic mass is 35.5. The van der Waals surface area contributed by atoms with Crippen LogP contribution in [0.25, 0.3) is 11.3 Å². The summed E-state index contributed by atoms with van der Waals surface area (Å²) in [5.74, 6) is -1.53. The highest BCUT2D eigenvalue weighted by molar-refractivity contribution is 7.14. The van der Waals surface area contributed by atoms with Crippen LogP contribution in [0, 0.1) is 13.8 Å². The third-order valence-corrected chi connectivity index (χ3v) is 7.78. The van der Waals surface area contributed by atoms with Crippen LogP contribution < -0.4 is 15.5 Å². The average molecular weight is 598 g/mol. The molecule has 1 aromatic heterocycles. The normalized spacial score (nSPS) is 13.3. The molecule has 0 fully saturated rings. The van der Waals surface area contributed by atoms with Gasteiger partial charge in [-0.25, -0.2) is 9.88 Å². The second-order valence-corrected chi connectivity index (χ2v) is 10.8. The van der Waals surface area contributed by atoms with Crippen LogP contribution in [0.15, 0.2) is 76.8 Å². The monoisotopic (exact) mass is 596 g/mol. The van der Waals surface area contributed by atoms with E-state index in [1.165, 1.54) is 11.3 Å². The van der Waals surface area contributed by atoms with E-state index in [1.807, 2.05) is 19.9 Å². The molecule has 3 aromatic carbocycles. The third-order valence-electron chi connectivity index (χ3n) is 6.12. The number of nitrogens with one attached hydrogen (secondary N) is 2. The lowest BCUT2D eigenvalue weighted by Crippen LogP contribution is -2.32. The Bertz CT molecular complexity index is 1680. The zero-order chi connectivity index (χ0) is 27.8. The lowest BCUT2D eigenvalue weighted by molar-refractivity contribution is -0.120. The summed E-state index contributed by atoms with van der Waals surface area (Å²) in [6.07, 6.45) is 0. The van der Waals surface area contributed by atoms with Crippen molar-refractivity contribution in [3.63, 3.8) is 0 Å². The van der Waals surface area contributed by atoms with Crippen molar-refractivity contribution in [1.29, 1.82) is 0 Å². The van der Waals surface area contributed by atoms with Gasteiger partial charge in [-0.2, -0.15) is 0 Å². The Balaban J connectivity index is 1.27. The lowest BCUT2D eigenvalue weighted by atomic mass is 10.1. The summed E-state index contributed by atoms with van der Waals surface area (Å²) < 4.78 is 0. The molecule has 0 atom stereocenters. The van der Waals surface area contributed by atoms with Crippen molar-refractivity contribution in [2.45, 2.75) is 13.8 Å². The lowest BCUT2D eigenvalue weighted by Gasteiger charge is -2.16. The van der Waals surface area contributed by atoms with Gasteiger partial charge in [0.15, 0.2) is 5.13 Å². The van der Waals surface area contributed by atoms with Gasteiger partial charge in [-0.1, -0.05) is 40.9 Å². The Morgan fingerprint density at radius 1 is 0.897 bits per heavy atom. The third kappa shape index (κ3) is 5.42. The van der Waals surface area contributed by atoms with E-state index in [1.54, 1.807) is 60.0 Å². The molecule has 1 aliphatic heterocycles. The molecular formula is C28H19Cl3N4O3S. The fraction of sp³-hybridized carbons (Fsp3) is 0.0714. The number of aromatic nitrogens is 1. The number of benzene rings is 3. The maximum Gasteiger partial charge on any atom is 0.283 e. The molecule has 3 amide bonds. The molecule has 0 unspecified atom stereocenters. The maximum atomic E-state index is 13.1. The molecule has 1 aliphatic rings. The summed E-state index contributed by atoms with van der Waals surface area (Å²) in [4.78, 5) is 44.1. The molecule has 11 heteroatoms. The second-order valence-electron chi connectivity index (χ2n) is 8.72. The summed E-state index contributed by atoms with van der Waals surface area (Å²) in [6, 6.07) is 16.8. The number of amides is 3. The molecule has 2 heterocycles. The number of thiazole rings is 1. The zero-order valence-electron chi connectivity index (χ0n) is 20.5. The van der Waals surface area contributed by atoms with E-state index < -0.39 is 11.8 Å². The average Bonchev–Trinajstić information content (AvgIpc) is 3.44. The van der Waals surface area contributed by atoms with Crippen LogP contribution in [0.1, 0.15) is 21.5 Å². The van der Waals surface area contributed by atoms with Gasteiger partial charge in [0, 0.05) is 27.2 Å². The Hall–Kier alpha value is -3.69. The zero-order valence-corrected chi connectivity index (χ0v) is 23.6. The Morgan fingerprint density at radius 2 is 1.64 bits per heavy atom. The summed E-state index contributed by atoms with van der Waals surface area (Å²) >= 11 is 19.7. The largest absolute Gasteiger partial charge is 0.350 e. The van der Waals surface area contributed by atoms with Crippen LogP contribution in [0.4, 0.5) is 16.5 Å². The molecule has 0 saturated carbocycles. The van der Waals surface area contributed by atoms with Gasteiger partial charge in [-0.15, -0.1) is 11.3 Å². The topological polar surface area (TPSA) is 91.4 Å². The molecule has 196 valence electrons. The van der Waals surface area contributed by atoms with E-state index in [0.29, 0.717) is 43.4 Å². The smallest absolute Gasteiger partial charge is 0.283 e. The van der Waals surface area contributed by atoms with Crippen molar-refractivity contribution in [1.82, 2.24) is 4.98 Å². The van der Waals surface area contributed by atoms with Crippen molar-refractivity contribution in [2.75, 3.05) is 15.5 Å². The van der Waals surface area contributed by atoms with Gasteiger partial charge in [0.1, 0.15) is 10.7 Å². The number of anilines is 3. The number of carbonyl (C=O) groups is 3. The van der Waals surface area contributed by atoms with Crippen molar-refractivity contribution in [3.05, 3.63) is 104 Å². The number of hydrogen-bond acceptors (Lipinski definition) is 6. The van der Waals surface area contributed by atoms with E-state index >= 15 is 0 Å². The van der Waals surface area contributed by atoms with Gasteiger partial charge in [-0.3, -0.25) is 19.7 Å². The quantitative estimate of drug-likeness (QED) is 0.226. The molecule has 0 spiro atoms. The Kier molecular flexibility index (Phi) is 7.46. The highest BCUT2D eigenvalue weighted by Crippen LogP contribution is 2.33. The first-order chi connectivity index (χ1) is 18.6. The maximum absolute atomic E-state index is 13.1. The highest BCUT2D eigenvalue weighted by Gasteiger charge is 2.39. The fourth-order valence-electron chi connectivity index (χ4n) is 3.88. The van der Waals surface area contributed by atoms with E-state index in [-0.39, 0.29) is 16.6 Å². The predicted molar refractivity (Wildman–Crippen MR) is 157 cm³/mol. The van der Waals surface area contributed by atoms with Crippen molar-refractivity contribution in [3.8, 4) is 11.3 Å². The molecule has 0 saturated heterocycles. The minimum absolute atomic E-state index is 0.0340. The minimum Gasteiger partial charge on any atom is -0.350 e. The minimum atomic E-state index is -0.605. The van der Waals surface area contributed by atoms with E-state index in [4.69, 9.17) is 34.8 Å². The second kappa shape index (κ2) is 10.8. The van der Waals surface area contributed by atoms with Gasteiger partial charge >= 0.3 is 0 Å². The first-order valence-electron chi connectivity index (χ1n) is 11.6. The number of carbonyl (C=O) groups excluding carboxylic acids is 3. The number of rotatable bonds is 6. The van der Waals surface area contributed by atoms with Crippen molar-refractivity contribution < 1.29 is 14.4 Å². The predicted octanol–water partition coefficient (Wildman–Crippen LogP) is 7.42. The van der Waals surface area contributed by atoms with E-state index in [9.17, 15) is 14.4 Å². The van der Waals surface area contributed by atoms with Gasteiger partial charge in [-0.05, 0) is 79.6 Å². The number of nitrogens with zero attached hydrogens (tertiary/aromatic N) is 2. The molecule has 0 bridgehead atoms. The summed E-state index contributed by atoms with van der Waals surface area (Å²) in [6.45, 7) is 3.85. The van der Waals surface area contributed by atoms with E-state index in [0.717, 1.165) is 16.0 Å². The van der Waals surface area contributed by atoms with Crippen LogP contribution in [0.5, 0.6) is 0 Å². The standard InChI is InChI=1S/C28H19Cl3N4O3S/c1-14-3-9-19(11-15(14)2)35-26(37)23(31)24(27(35)38)32-18-7-4-16(5-8-18)25(36)34-28-33-22(13-39-28)20-10-6-17(29)12-21(20)30/h3-13,32H,1-2H3,(H,33,34,36). The first kappa shape index (κ1) is 26.9. The fourth-order valence-corrected chi connectivity index (χ4v) is 5.30. The molecular weight excluding hydrogens is 579 g/mol. The van der Waals surface area contributed by atoms with Crippen molar-refractivity contribution >= 4 is 80.4 Å². The molecule has 5 rings (SSSR count).